The van der Waals surface area contributed by atoms with E-state index < -0.39 is 0 Å². The van der Waals surface area contributed by atoms with Gasteiger partial charge in [-0.1, -0.05) is 43.1 Å². The molecule has 1 aliphatic rings. The molecule has 21 heavy (non-hydrogen) atoms. The number of hydrogen-bond acceptors (Lipinski definition) is 2. The molecule has 1 aromatic rings. The number of halogens is 2. The molecule has 1 heterocycles. The van der Waals surface area contributed by atoms with Gasteiger partial charge in [-0.05, 0) is 56.0 Å². The number of nitrogens with zero attached hydrogens (tertiary/aromatic N) is 1. The number of nitrogens with one attached hydrogen (secondary N) is 1. The van der Waals surface area contributed by atoms with Gasteiger partial charge in [-0.15, -0.1) is 0 Å². The Kier molecular flexibility index (Phi) is 6.81. The van der Waals surface area contributed by atoms with E-state index in [-0.39, 0.29) is 0 Å². The maximum Gasteiger partial charge on any atom is 0.0595 e. The van der Waals surface area contributed by atoms with Gasteiger partial charge in [-0.3, -0.25) is 0 Å². The van der Waals surface area contributed by atoms with Crippen molar-refractivity contribution in [3.05, 3.63) is 33.8 Å². The van der Waals surface area contributed by atoms with Gasteiger partial charge in [0.1, 0.15) is 0 Å². The summed E-state index contributed by atoms with van der Waals surface area (Å²) in [4.78, 5) is 2.56. The number of benzene rings is 1. The van der Waals surface area contributed by atoms with Crippen LogP contribution in [0.25, 0.3) is 0 Å². The van der Waals surface area contributed by atoms with Crippen LogP contribution >= 0.6 is 23.2 Å². The average Bonchev–Trinajstić information content (AvgIpc) is 2.49. The molecular weight excluding hydrogens is 303 g/mol. The van der Waals surface area contributed by atoms with Crippen LogP contribution in [0.15, 0.2) is 18.2 Å². The summed E-state index contributed by atoms with van der Waals surface area (Å²) in [6, 6.07) is 6.28. The standard InChI is InChI=1S/C17H26Cl2N2/c1-3-17(14-4-5-15(18)16(19)12-14)20-8-11-21-9-6-13(2)7-10-21/h4-5,12-13,17,20H,3,6-11H2,1-2H3. The Morgan fingerprint density at radius 1 is 1.24 bits per heavy atom. The predicted molar refractivity (Wildman–Crippen MR) is 92.3 cm³/mol. The van der Waals surface area contributed by atoms with E-state index in [9.17, 15) is 0 Å². The summed E-state index contributed by atoms with van der Waals surface area (Å²) in [7, 11) is 0. The minimum atomic E-state index is 0.350. The molecule has 1 unspecified atom stereocenters. The SMILES string of the molecule is CCC(NCCN1CCC(C)CC1)c1ccc(Cl)c(Cl)c1. The smallest absolute Gasteiger partial charge is 0.0595 e. The van der Waals surface area contributed by atoms with Gasteiger partial charge in [-0.25, -0.2) is 0 Å². The van der Waals surface area contributed by atoms with E-state index >= 15 is 0 Å². The topological polar surface area (TPSA) is 15.3 Å². The second-order valence-corrected chi connectivity index (χ2v) is 6.93. The number of rotatable bonds is 6. The van der Waals surface area contributed by atoms with E-state index in [1.165, 1.54) is 31.5 Å². The molecule has 2 nitrogen and oxygen atoms in total. The maximum atomic E-state index is 6.12. The second-order valence-electron chi connectivity index (χ2n) is 6.11. The van der Waals surface area contributed by atoms with E-state index in [0.29, 0.717) is 16.1 Å². The molecule has 0 radical (unpaired) electrons. The molecule has 0 amide bonds. The van der Waals surface area contributed by atoms with Gasteiger partial charge >= 0.3 is 0 Å². The molecule has 1 N–H and O–H groups in total. The van der Waals surface area contributed by atoms with Crippen molar-refractivity contribution in [2.75, 3.05) is 26.2 Å². The van der Waals surface area contributed by atoms with Crippen LogP contribution in [0.2, 0.25) is 10.0 Å². The first-order chi connectivity index (χ1) is 10.1. The Morgan fingerprint density at radius 2 is 1.95 bits per heavy atom. The Labute approximate surface area is 138 Å². The van der Waals surface area contributed by atoms with Crippen molar-refractivity contribution in [1.29, 1.82) is 0 Å². The van der Waals surface area contributed by atoms with Crippen LogP contribution in [0.3, 0.4) is 0 Å². The van der Waals surface area contributed by atoms with Crippen LogP contribution in [0.5, 0.6) is 0 Å². The molecule has 0 aromatic heterocycles. The number of hydrogen-bond donors (Lipinski definition) is 1. The van der Waals surface area contributed by atoms with Crippen LogP contribution < -0.4 is 5.32 Å². The van der Waals surface area contributed by atoms with Crippen molar-refractivity contribution < 1.29 is 0 Å². The van der Waals surface area contributed by atoms with E-state index in [4.69, 9.17) is 23.2 Å². The summed E-state index contributed by atoms with van der Waals surface area (Å²) in [6.45, 7) is 9.19. The lowest BCUT2D eigenvalue weighted by Crippen LogP contribution is -2.38. The summed E-state index contributed by atoms with van der Waals surface area (Å²) in [6.07, 6.45) is 3.73. The third kappa shape index (κ3) is 5.14. The fraction of sp³-hybridized carbons (Fsp3) is 0.647. The first kappa shape index (κ1) is 17.1. The highest BCUT2D eigenvalue weighted by molar-refractivity contribution is 6.42. The zero-order chi connectivity index (χ0) is 15.2. The monoisotopic (exact) mass is 328 g/mol. The van der Waals surface area contributed by atoms with Crippen LogP contribution in [0.4, 0.5) is 0 Å². The summed E-state index contributed by atoms with van der Waals surface area (Å²) in [5.74, 6) is 0.897. The lowest BCUT2D eigenvalue weighted by molar-refractivity contribution is 0.191. The van der Waals surface area contributed by atoms with Crippen molar-refractivity contribution in [2.24, 2.45) is 5.92 Å². The van der Waals surface area contributed by atoms with E-state index in [1.54, 1.807) is 0 Å². The average molecular weight is 329 g/mol. The quantitative estimate of drug-likeness (QED) is 0.809. The number of likely N-dealkylation sites (tertiary alicyclic amines) is 1. The lowest BCUT2D eigenvalue weighted by Gasteiger charge is -2.30. The first-order valence-corrected chi connectivity index (χ1v) is 8.76. The van der Waals surface area contributed by atoms with Crippen LogP contribution in [-0.4, -0.2) is 31.1 Å². The Morgan fingerprint density at radius 3 is 2.57 bits per heavy atom. The first-order valence-electron chi connectivity index (χ1n) is 8.00. The summed E-state index contributed by atoms with van der Waals surface area (Å²) >= 11 is 12.1. The van der Waals surface area contributed by atoms with Crippen molar-refractivity contribution in [3.63, 3.8) is 0 Å². The normalized spacial score (nSPS) is 18.9. The third-order valence-corrected chi connectivity index (χ3v) is 5.19. The van der Waals surface area contributed by atoms with E-state index in [2.05, 4.69) is 30.1 Å². The molecule has 2 rings (SSSR count). The van der Waals surface area contributed by atoms with Crippen LogP contribution in [0, 0.1) is 5.92 Å². The van der Waals surface area contributed by atoms with Gasteiger partial charge in [0.2, 0.25) is 0 Å². The Balaban J connectivity index is 1.81. The van der Waals surface area contributed by atoms with Crippen molar-refractivity contribution in [3.8, 4) is 0 Å². The van der Waals surface area contributed by atoms with Gasteiger partial charge in [0.15, 0.2) is 0 Å². The molecular formula is C17H26Cl2N2. The molecule has 4 heteroatoms. The van der Waals surface area contributed by atoms with Crippen molar-refractivity contribution in [2.45, 2.75) is 39.2 Å². The van der Waals surface area contributed by atoms with E-state index in [0.717, 1.165) is 25.4 Å². The van der Waals surface area contributed by atoms with Crippen LogP contribution in [-0.2, 0) is 0 Å². The maximum absolute atomic E-state index is 6.12. The molecule has 118 valence electrons. The highest BCUT2D eigenvalue weighted by atomic mass is 35.5. The van der Waals surface area contributed by atoms with Gasteiger partial charge < -0.3 is 10.2 Å². The fourth-order valence-electron chi connectivity index (χ4n) is 2.91. The van der Waals surface area contributed by atoms with Gasteiger partial charge in [0, 0.05) is 19.1 Å². The largest absolute Gasteiger partial charge is 0.309 e. The minimum Gasteiger partial charge on any atom is -0.309 e. The van der Waals surface area contributed by atoms with Crippen LogP contribution in [0.1, 0.15) is 44.7 Å². The molecule has 0 aliphatic carbocycles. The Bertz CT molecular complexity index is 442. The minimum absolute atomic E-state index is 0.350. The molecule has 1 aromatic carbocycles. The van der Waals surface area contributed by atoms with E-state index in [1.807, 2.05) is 12.1 Å². The molecule has 1 atom stereocenters. The summed E-state index contributed by atoms with van der Waals surface area (Å²) in [5.41, 5.74) is 1.22. The highest BCUT2D eigenvalue weighted by Gasteiger charge is 2.16. The summed E-state index contributed by atoms with van der Waals surface area (Å²) in [5, 5.41) is 4.91. The van der Waals surface area contributed by atoms with Gasteiger partial charge in [0.05, 0.1) is 10.0 Å². The number of piperidine rings is 1. The Hall–Kier alpha value is -0.280. The zero-order valence-electron chi connectivity index (χ0n) is 13.0. The highest BCUT2D eigenvalue weighted by Crippen LogP contribution is 2.26. The lowest BCUT2D eigenvalue weighted by atomic mass is 9.99. The van der Waals surface area contributed by atoms with Crippen molar-refractivity contribution in [1.82, 2.24) is 10.2 Å². The molecule has 0 bridgehead atoms. The fourth-order valence-corrected chi connectivity index (χ4v) is 3.22. The molecule has 1 aliphatic heterocycles. The van der Waals surface area contributed by atoms with Gasteiger partial charge in [0.25, 0.3) is 0 Å². The summed E-state index contributed by atoms with van der Waals surface area (Å²) < 4.78 is 0. The van der Waals surface area contributed by atoms with Gasteiger partial charge in [-0.2, -0.15) is 0 Å². The van der Waals surface area contributed by atoms with Crippen molar-refractivity contribution >= 4 is 23.2 Å². The molecule has 0 spiro atoms. The predicted octanol–water partition coefficient (Wildman–Crippen LogP) is 4.77. The molecule has 1 saturated heterocycles. The third-order valence-electron chi connectivity index (χ3n) is 4.45. The molecule has 0 saturated carbocycles. The second kappa shape index (κ2) is 8.38. The zero-order valence-corrected chi connectivity index (χ0v) is 14.6. The molecule has 1 fully saturated rings.